The summed E-state index contributed by atoms with van der Waals surface area (Å²) in [6.07, 6.45) is 3.74. The van der Waals surface area contributed by atoms with Crippen molar-refractivity contribution in [2.24, 2.45) is 11.8 Å². The minimum absolute atomic E-state index is 0.0910. The van der Waals surface area contributed by atoms with E-state index in [2.05, 4.69) is 60.0 Å². The fraction of sp³-hybridized carbons (Fsp3) is 0.444. The van der Waals surface area contributed by atoms with Crippen molar-refractivity contribution in [3.63, 3.8) is 0 Å². The molecule has 2 N–H and O–H groups in total. The molecule has 1 saturated heterocycles. The van der Waals surface area contributed by atoms with Gasteiger partial charge in [0.2, 0.25) is 17.8 Å². The summed E-state index contributed by atoms with van der Waals surface area (Å²) >= 11 is 0. The van der Waals surface area contributed by atoms with E-state index in [9.17, 15) is 9.59 Å². The van der Waals surface area contributed by atoms with Crippen LogP contribution >= 0.6 is 0 Å². The Balaban J connectivity index is 1.46. The summed E-state index contributed by atoms with van der Waals surface area (Å²) < 4.78 is 7.53. The highest BCUT2D eigenvalue weighted by atomic mass is 16.5. The number of fused-ring (bicyclic) bond motifs is 1. The number of nitrogens with zero attached hydrogens (tertiary/aromatic N) is 5. The monoisotopic (exact) mass is 505 g/mol. The summed E-state index contributed by atoms with van der Waals surface area (Å²) in [6.45, 7) is 13.8. The van der Waals surface area contributed by atoms with E-state index in [0.29, 0.717) is 61.9 Å². The first-order valence-corrected chi connectivity index (χ1v) is 12.7. The molecule has 0 spiro atoms. The van der Waals surface area contributed by atoms with Crippen LogP contribution in [-0.4, -0.2) is 56.0 Å². The van der Waals surface area contributed by atoms with Crippen LogP contribution in [0.5, 0.6) is 6.01 Å². The average molecular weight is 506 g/mol. The van der Waals surface area contributed by atoms with Crippen LogP contribution in [0, 0.1) is 11.8 Å². The van der Waals surface area contributed by atoms with Gasteiger partial charge in [-0.1, -0.05) is 46.4 Å². The Hall–Kier alpha value is -3.95. The van der Waals surface area contributed by atoms with Gasteiger partial charge in [-0.2, -0.15) is 19.6 Å². The lowest BCUT2D eigenvalue weighted by Gasteiger charge is -2.15. The molecular formula is C27H35N7O3. The number of carbonyl (C=O) groups excluding carboxylic acids is 2. The van der Waals surface area contributed by atoms with E-state index in [1.807, 2.05) is 30.5 Å². The summed E-state index contributed by atoms with van der Waals surface area (Å²) in [5.41, 5.74) is 3.39. The Bertz CT molecular complexity index is 1280. The molecule has 1 aliphatic heterocycles. The van der Waals surface area contributed by atoms with E-state index >= 15 is 0 Å². The van der Waals surface area contributed by atoms with Crippen molar-refractivity contribution >= 4 is 29.1 Å². The molecule has 2 aromatic heterocycles. The van der Waals surface area contributed by atoms with Crippen LogP contribution in [0.3, 0.4) is 0 Å². The number of hydrogen-bond donors (Lipinski definition) is 2. The van der Waals surface area contributed by atoms with Gasteiger partial charge >= 0.3 is 6.01 Å². The van der Waals surface area contributed by atoms with Gasteiger partial charge in [-0.25, -0.2) is 0 Å². The predicted molar refractivity (Wildman–Crippen MR) is 142 cm³/mol. The topological polar surface area (TPSA) is 114 Å². The molecule has 4 rings (SSSR count). The van der Waals surface area contributed by atoms with Gasteiger partial charge in [-0.15, -0.1) is 0 Å². The number of nitrogens with one attached hydrogen (secondary N) is 2. The predicted octanol–water partition coefficient (Wildman–Crippen LogP) is 3.87. The maximum absolute atomic E-state index is 12.8. The van der Waals surface area contributed by atoms with Crippen molar-refractivity contribution in [2.75, 3.05) is 30.3 Å². The molecule has 10 nitrogen and oxygen atoms in total. The molecular weight excluding hydrogens is 470 g/mol. The summed E-state index contributed by atoms with van der Waals surface area (Å²) in [4.78, 5) is 35.4. The van der Waals surface area contributed by atoms with Crippen LogP contribution in [0.25, 0.3) is 5.65 Å². The summed E-state index contributed by atoms with van der Waals surface area (Å²) in [5, 5.41) is 10.8. The molecule has 1 aliphatic rings. The van der Waals surface area contributed by atoms with Crippen molar-refractivity contribution in [1.82, 2.24) is 24.5 Å². The lowest BCUT2D eigenvalue weighted by molar-refractivity contribution is -0.125. The first-order valence-electron chi connectivity index (χ1n) is 12.7. The van der Waals surface area contributed by atoms with Gasteiger partial charge in [0.05, 0.1) is 18.7 Å². The fourth-order valence-electron chi connectivity index (χ4n) is 4.19. The molecule has 0 aliphatic carbocycles. The summed E-state index contributed by atoms with van der Waals surface area (Å²) in [7, 11) is 0. The third-order valence-electron chi connectivity index (χ3n) is 6.23. The smallest absolute Gasteiger partial charge is 0.321 e. The Kier molecular flexibility index (Phi) is 8.05. The van der Waals surface area contributed by atoms with Crippen molar-refractivity contribution in [2.45, 2.75) is 46.6 Å². The zero-order chi connectivity index (χ0) is 26.5. The van der Waals surface area contributed by atoms with Crippen LogP contribution in [-0.2, 0) is 16.1 Å². The largest absolute Gasteiger partial charge is 0.463 e. The molecule has 37 heavy (non-hydrogen) atoms. The lowest BCUT2D eigenvalue weighted by atomic mass is 10.1. The van der Waals surface area contributed by atoms with E-state index in [0.717, 1.165) is 11.1 Å². The molecule has 0 bridgehead atoms. The van der Waals surface area contributed by atoms with E-state index < -0.39 is 0 Å². The molecule has 3 aromatic rings. The van der Waals surface area contributed by atoms with Gasteiger partial charge in [-0.3, -0.25) is 9.59 Å². The Morgan fingerprint density at radius 2 is 2.05 bits per heavy atom. The Morgan fingerprint density at radius 1 is 1.24 bits per heavy atom. The first-order chi connectivity index (χ1) is 17.7. The van der Waals surface area contributed by atoms with E-state index in [1.54, 1.807) is 9.42 Å². The van der Waals surface area contributed by atoms with Crippen molar-refractivity contribution in [1.29, 1.82) is 0 Å². The highest BCUT2D eigenvalue weighted by Crippen LogP contribution is 2.24. The second-order valence-corrected chi connectivity index (χ2v) is 10.0. The minimum Gasteiger partial charge on any atom is -0.463 e. The number of rotatable bonds is 10. The third kappa shape index (κ3) is 6.25. The zero-order valence-electron chi connectivity index (χ0n) is 21.9. The SMILES string of the molecule is C=CC(=O)N1CCC(C(=O)Nc2cccc(CNc3nc(OCC(C)C)nc4c(C(C)C)cnn34)c2)C1. The highest BCUT2D eigenvalue weighted by Gasteiger charge is 2.30. The molecule has 1 fully saturated rings. The zero-order valence-corrected chi connectivity index (χ0v) is 21.9. The van der Waals surface area contributed by atoms with Crippen LogP contribution in [0.2, 0.25) is 0 Å². The summed E-state index contributed by atoms with van der Waals surface area (Å²) in [5.74, 6) is 0.658. The molecule has 196 valence electrons. The number of ether oxygens (including phenoxy) is 1. The van der Waals surface area contributed by atoms with Gasteiger partial charge in [0.15, 0.2) is 5.65 Å². The lowest BCUT2D eigenvalue weighted by Crippen LogP contribution is -2.30. The van der Waals surface area contributed by atoms with Gasteiger partial charge in [-0.05, 0) is 42.0 Å². The van der Waals surface area contributed by atoms with Crippen molar-refractivity contribution in [3.8, 4) is 6.01 Å². The molecule has 0 radical (unpaired) electrons. The molecule has 0 saturated carbocycles. The Labute approximate surface area is 217 Å². The number of hydrogen-bond acceptors (Lipinski definition) is 7. The van der Waals surface area contributed by atoms with Gasteiger partial charge in [0.1, 0.15) is 0 Å². The number of amides is 2. The molecule has 10 heteroatoms. The molecule has 2 amide bonds. The number of anilines is 2. The molecule has 1 atom stereocenters. The number of carbonyl (C=O) groups is 2. The van der Waals surface area contributed by atoms with Crippen LogP contribution in [0.15, 0.2) is 43.1 Å². The quantitative estimate of drug-likeness (QED) is 0.402. The van der Waals surface area contributed by atoms with Crippen LogP contribution in [0.1, 0.15) is 51.2 Å². The van der Waals surface area contributed by atoms with Crippen molar-refractivity contribution in [3.05, 3.63) is 54.2 Å². The second-order valence-electron chi connectivity index (χ2n) is 10.0. The van der Waals surface area contributed by atoms with Gasteiger partial charge in [0.25, 0.3) is 0 Å². The molecule has 1 unspecified atom stereocenters. The maximum Gasteiger partial charge on any atom is 0.321 e. The van der Waals surface area contributed by atoms with E-state index in [4.69, 9.17) is 4.74 Å². The van der Waals surface area contributed by atoms with Crippen LogP contribution in [0.4, 0.5) is 11.6 Å². The average Bonchev–Trinajstić information content (AvgIpc) is 3.54. The standard InChI is InChI=1S/C27H35N7O3/c1-6-23(35)33-11-10-20(15-33)25(36)30-21-9-7-8-19(12-21)13-28-26-32-27(37-16-17(2)3)31-24-22(18(4)5)14-29-34(24)26/h6-9,12,14,17-18,20H,1,10-11,13,15-16H2,2-5H3,(H,30,36)(H,28,31,32). The molecule has 1 aromatic carbocycles. The fourth-order valence-corrected chi connectivity index (χ4v) is 4.19. The number of likely N-dealkylation sites (tertiary alicyclic amines) is 1. The highest BCUT2D eigenvalue weighted by molar-refractivity contribution is 5.94. The summed E-state index contributed by atoms with van der Waals surface area (Å²) in [6, 6.07) is 7.95. The Morgan fingerprint density at radius 3 is 2.78 bits per heavy atom. The maximum atomic E-state index is 12.8. The first kappa shape index (κ1) is 26.1. The minimum atomic E-state index is -0.237. The van der Waals surface area contributed by atoms with Crippen molar-refractivity contribution < 1.29 is 14.3 Å². The van der Waals surface area contributed by atoms with Gasteiger partial charge in [0, 0.05) is 30.9 Å². The third-order valence-corrected chi connectivity index (χ3v) is 6.23. The van der Waals surface area contributed by atoms with Gasteiger partial charge < -0.3 is 20.3 Å². The molecule has 3 heterocycles. The van der Waals surface area contributed by atoms with Crippen LogP contribution < -0.4 is 15.4 Å². The van der Waals surface area contributed by atoms with E-state index in [-0.39, 0.29) is 23.7 Å². The number of benzene rings is 1. The second kappa shape index (κ2) is 11.4. The normalized spacial score (nSPS) is 15.4. The number of aromatic nitrogens is 4. The van der Waals surface area contributed by atoms with E-state index in [1.165, 1.54) is 6.08 Å².